The maximum Gasteiger partial charge on any atom is 0.414 e. The van der Waals surface area contributed by atoms with E-state index in [1.807, 2.05) is 6.92 Å². The van der Waals surface area contributed by atoms with Crippen molar-refractivity contribution in [2.24, 2.45) is 11.7 Å². The van der Waals surface area contributed by atoms with Gasteiger partial charge in [-0.2, -0.15) is 0 Å². The van der Waals surface area contributed by atoms with Gasteiger partial charge in [-0.1, -0.05) is 6.92 Å². The van der Waals surface area contributed by atoms with E-state index in [2.05, 4.69) is 10.2 Å². The molecule has 2 aliphatic heterocycles. The van der Waals surface area contributed by atoms with Gasteiger partial charge >= 0.3 is 6.09 Å². The lowest BCUT2D eigenvalue weighted by Crippen LogP contribution is -2.61. The van der Waals surface area contributed by atoms with Crippen molar-refractivity contribution < 1.29 is 18.7 Å². The minimum absolute atomic E-state index is 0.000332. The highest BCUT2D eigenvalue weighted by Gasteiger charge is 2.57. The van der Waals surface area contributed by atoms with E-state index < -0.39 is 23.2 Å². The lowest BCUT2D eigenvalue weighted by Gasteiger charge is -2.46. The Bertz CT molecular complexity index is 773. The maximum atomic E-state index is 14.9. The number of likely N-dealkylation sites (N-methyl/N-ethyl adjacent to an activating group) is 1. The number of nitrogens with zero attached hydrogens (tertiary/aromatic N) is 2. The zero-order valence-electron chi connectivity index (χ0n) is 18.8. The van der Waals surface area contributed by atoms with E-state index in [1.54, 1.807) is 27.7 Å². The summed E-state index contributed by atoms with van der Waals surface area (Å²) in [6.45, 7) is 10.8. The highest BCUT2D eigenvalue weighted by atomic mass is 19.1. The van der Waals surface area contributed by atoms with Crippen molar-refractivity contribution in [2.45, 2.75) is 77.5 Å². The van der Waals surface area contributed by atoms with Crippen molar-refractivity contribution in [2.75, 3.05) is 19.6 Å². The van der Waals surface area contributed by atoms with Crippen molar-refractivity contribution in [1.82, 2.24) is 15.1 Å². The van der Waals surface area contributed by atoms with Gasteiger partial charge in [-0.25, -0.2) is 9.18 Å². The van der Waals surface area contributed by atoms with Gasteiger partial charge in [0.15, 0.2) is 0 Å². The normalized spacial score (nSPS) is 30.0. The summed E-state index contributed by atoms with van der Waals surface area (Å²) in [5.41, 5.74) is 5.65. The highest BCUT2D eigenvalue weighted by molar-refractivity contribution is 5.93. The molecule has 8 heteroatoms. The molecule has 2 saturated heterocycles. The predicted molar refractivity (Wildman–Crippen MR) is 113 cm³/mol. The van der Waals surface area contributed by atoms with Crippen LogP contribution in [0.3, 0.4) is 0 Å². The van der Waals surface area contributed by atoms with Crippen molar-refractivity contribution in [3.63, 3.8) is 0 Å². The molecule has 2 fully saturated rings. The van der Waals surface area contributed by atoms with E-state index in [0.717, 1.165) is 19.4 Å². The van der Waals surface area contributed by atoms with Gasteiger partial charge in [0.2, 0.25) is 5.91 Å². The largest absolute Gasteiger partial charge is 0.443 e. The lowest BCUT2D eigenvalue weighted by molar-refractivity contribution is -0.133. The number of halogens is 1. The second-order valence-electron chi connectivity index (χ2n) is 9.45. The first kappa shape index (κ1) is 22.7. The van der Waals surface area contributed by atoms with Crippen molar-refractivity contribution in [3.8, 4) is 0 Å². The number of hydrogen-bond donors (Lipinski definition) is 2. The van der Waals surface area contributed by atoms with Crippen LogP contribution in [0.1, 0.15) is 60.3 Å². The van der Waals surface area contributed by atoms with E-state index in [-0.39, 0.29) is 24.2 Å². The number of piperidine rings is 1. The number of allylic oxidation sites excluding steroid dienone is 2. The average molecular weight is 423 g/mol. The van der Waals surface area contributed by atoms with Crippen LogP contribution in [0.4, 0.5) is 9.18 Å². The zero-order chi connectivity index (χ0) is 22.3. The summed E-state index contributed by atoms with van der Waals surface area (Å²) >= 11 is 0. The highest BCUT2D eigenvalue weighted by Crippen LogP contribution is 2.47. The third-order valence-electron chi connectivity index (χ3n) is 6.32. The van der Waals surface area contributed by atoms with E-state index >= 15 is 0 Å². The number of carbonyl (C=O) groups excluding carboxylic acids is 2. The Hall–Kier alpha value is -1.93. The van der Waals surface area contributed by atoms with Crippen molar-refractivity contribution in [1.29, 1.82) is 0 Å². The molecule has 168 valence electrons. The summed E-state index contributed by atoms with van der Waals surface area (Å²) in [6.07, 6.45) is 3.30. The van der Waals surface area contributed by atoms with Gasteiger partial charge in [0.25, 0.3) is 0 Å². The molecule has 3 rings (SSSR count). The number of amides is 2. The van der Waals surface area contributed by atoms with Gasteiger partial charge in [-0.15, -0.1) is 0 Å². The second kappa shape index (κ2) is 8.30. The lowest BCUT2D eigenvalue weighted by atomic mass is 9.75. The Morgan fingerprint density at radius 1 is 1.43 bits per heavy atom. The maximum absolute atomic E-state index is 14.9. The van der Waals surface area contributed by atoms with Gasteiger partial charge in [0.1, 0.15) is 17.0 Å². The molecule has 0 spiro atoms. The van der Waals surface area contributed by atoms with Gasteiger partial charge in [0, 0.05) is 37.2 Å². The summed E-state index contributed by atoms with van der Waals surface area (Å²) in [4.78, 5) is 29.7. The summed E-state index contributed by atoms with van der Waals surface area (Å²) < 4.78 is 20.4. The molecular weight excluding hydrogens is 387 g/mol. The Morgan fingerprint density at radius 2 is 2.13 bits per heavy atom. The number of fused-ring (bicyclic) bond motifs is 1. The Morgan fingerprint density at radius 3 is 2.70 bits per heavy atom. The van der Waals surface area contributed by atoms with E-state index in [9.17, 15) is 14.0 Å². The molecule has 3 atom stereocenters. The number of likely N-dealkylation sites (tertiary alicyclic amines) is 1. The number of carbonyl (C=O) groups is 2. The first-order valence-electron chi connectivity index (χ1n) is 11.0. The van der Waals surface area contributed by atoms with Crippen LogP contribution < -0.4 is 11.1 Å². The molecule has 0 radical (unpaired) electrons. The minimum atomic E-state index is -0.864. The van der Waals surface area contributed by atoms with Crippen LogP contribution in [0.5, 0.6) is 0 Å². The van der Waals surface area contributed by atoms with E-state index in [1.165, 1.54) is 11.0 Å². The SMILES string of the molecule is CCN(C(=O)OC(C)(C)C)C1=C2NC(=O)C(CC)(N3CCC[C@@H](N)C3)C2CC(F)=C1. The molecule has 0 aromatic heterocycles. The molecule has 0 aromatic carbocycles. The van der Waals surface area contributed by atoms with Crippen LogP contribution in [0.15, 0.2) is 23.3 Å². The number of nitrogens with two attached hydrogens (primary N) is 1. The van der Waals surface area contributed by atoms with Crippen LogP contribution in [0.25, 0.3) is 0 Å². The molecule has 3 aliphatic rings. The summed E-state index contributed by atoms with van der Waals surface area (Å²) in [5.74, 6) is -0.867. The predicted octanol–water partition coefficient (Wildman–Crippen LogP) is 3.03. The monoisotopic (exact) mass is 422 g/mol. The molecule has 1 aliphatic carbocycles. The summed E-state index contributed by atoms with van der Waals surface area (Å²) in [6, 6.07) is 0.000332. The third-order valence-corrected chi connectivity index (χ3v) is 6.32. The molecule has 2 heterocycles. The number of rotatable bonds is 4. The van der Waals surface area contributed by atoms with Gasteiger partial charge in [-0.05, 0) is 59.6 Å². The number of ether oxygens (including phenoxy) is 1. The molecule has 7 nitrogen and oxygen atoms in total. The van der Waals surface area contributed by atoms with E-state index in [4.69, 9.17) is 10.5 Å². The van der Waals surface area contributed by atoms with Crippen LogP contribution >= 0.6 is 0 Å². The first-order chi connectivity index (χ1) is 14.0. The second-order valence-corrected chi connectivity index (χ2v) is 9.45. The average Bonchev–Trinajstić information content (AvgIpc) is 2.93. The van der Waals surface area contributed by atoms with E-state index in [0.29, 0.717) is 30.9 Å². The summed E-state index contributed by atoms with van der Waals surface area (Å²) in [7, 11) is 0. The van der Waals surface area contributed by atoms with Crippen LogP contribution in [0, 0.1) is 5.92 Å². The third kappa shape index (κ3) is 3.99. The van der Waals surface area contributed by atoms with Gasteiger partial charge in [0.05, 0.1) is 5.70 Å². The zero-order valence-corrected chi connectivity index (χ0v) is 18.8. The quantitative estimate of drug-likeness (QED) is 0.727. The number of hydrogen-bond acceptors (Lipinski definition) is 5. The molecule has 3 N–H and O–H groups in total. The Balaban J connectivity index is 2.03. The molecule has 2 unspecified atom stereocenters. The topological polar surface area (TPSA) is 87.9 Å². The fraction of sp³-hybridized carbons (Fsp3) is 0.727. The standard InChI is InChI=1S/C22H35FN4O3/c1-6-22(26-10-8-9-15(24)13-26)16-11-14(23)12-17(18(16)25-19(22)28)27(7-2)20(29)30-21(3,4)5/h12,15-16H,6-11,13,24H2,1-5H3,(H,25,28)/t15-,16?,22?/m1/s1. The molecular formula is C22H35FN4O3. The first-order valence-corrected chi connectivity index (χ1v) is 11.0. The fourth-order valence-corrected chi connectivity index (χ4v) is 5.01. The molecule has 30 heavy (non-hydrogen) atoms. The summed E-state index contributed by atoms with van der Waals surface area (Å²) in [5, 5.41) is 3.01. The Labute approximate surface area is 178 Å². The molecule has 2 amide bonds. The minimum Gasteiger partial charge on any atom is -0.443 e. The van der Waals surface area contributed by atoms with Gasteiger partial charge < -0.3 is 15.8 Å². The van der Waals surface area contributed by atoms with Crippen molar-refractivity contribution >= 4 is 12.0 Å². The van der Waals surface area contributed by atoms with Crippen LogP contribution in [0.2, 0.25) is 0 Å². The molecule has 0 aromatic rings. The fourth-order valence-electron chi connectivity index (χ4n) is 5.01. The van der Waals surface area contributed by atoms with Crippen LogP contribution in [-0.4, -0.2) is 58.6 Å². The van der Waals surface area contributed by atoms with Gasteiger partial charge in [-0.3, -0.25) is 14.6 Å². The molecule has 0 saturated carbocycles. The number of nitrogens with one attached hydrogen (secondary N) is 1. The van der Waals surface area contributed by atoms with Crippen LogP contribution in [-0.2, 0) is 9.53 Å². The smallest absolute Gasteiger partial charge is 0.414 e. The van der Waals surface area contributed by atoms with Crippen molar-refractivity contribution in [3.05, 3.63) is 23.3 Å². The molecule has 0 bridgehead atoms. The Kier molecular flexibility index (Phi) is 6.30.